The second kappa shape index (κ2) is 11.6. The van der Waals surface area contributed by atoms with E-state index in [9.17, 15) is 18.0 Å². The molecule has 0 atom stereocenters. The lowest BCUT2D eigenvalue weighted by atomic mass is 9.96. The molecular formula is C21H29F3N2O4. The van der Waals surface area contributed by atoms with E-state index in [0.717, 1.165) is 49.4 Å². The van der Waals surface area contributed by atoms with Gasteiger partial charge < -0.3 is 19.6 Å². The molecule has 6 nitrogen and oxygen atoms in total. The summed E-state index contributed by atoms with van der Waals surface area (Å²) in [5.41, 5.74) is 2.20. The van der Waals surface area contributed by atoms with E-state index in [0.29, 0.717) is 12.5 Å². The number of halogens is 3. The molecule has 1 heterocycles. The molecule has 1 aliphatic heterocycles. The summed E-state index contributed by atoms with van der Waals surface area (Å²) in [5, 5.41) is 7.12. The maximum atomic E-state index is 12.3. The van der Waals surface area contributed by atoms with Gasteiger partial charge in [0.15, 0.2) is 0 Å². The Morgan fingerprint density at radius 3 is 2.37 bits per heavy atom. The molecule has 0 saturated carbocycles. The number of rotatable bonds is 6. The third-order valence-corrected chi connectivity index (χ3v) is 4.85. The summed E-state index contributed by atoms with van der Waals surface area (Å²) in [6, 6.07) is 6.12. The molecule has 1 saturated heterocycles. The predicted octanol–water partition coefficient (Wildman–Crippen LogP) is 3.49. The van der Waals surface area contributed by atoms with E-state index < -0.39 is 12.1 Å². The SMILES string of the molecule is C=CC(=O)N(Cc1ccc(C)cc1OC)CC1CCN(C)CC1.O=C(O)C(F)(F)F. The standard InChI is InChI=1S/C19H28N2O2.C2HF3O2/c1-5-19(22)21(13-16-8-10-20(3)11-9-16)14-17-7-6-15(2)12-18(17)23-4;3-2(4,5)1(6)7/h5-7,12,16H,1,8-11,13-14H2,2-4H3;(H,6,7). The molecule has 0 radical (unpaired) electrons. The molecule has 0 spiro atoms. The molecule has 168 valence electrons. The van der Waals surface area contributed by atoms with Gasteiger partial charge in [-0.15, -0.1) is 0 Å². The summed E-state index contributed by atoms with van der Waals surface area (Å²) in [6.45, 7) is 9.26. The summed E-state index contributed by atoms with van der Waals surface area (Å²) in [6.07, 6.45) is -1.39. The first-order valence-corrected chi connectivity index (χ1v) is 9.51. The van der Waals surface area contributed by atoms with E-state index in [2.05, 4.69) is 24.6 Å². The number of benzene rings is 1. The molecule has 0 aliphatic carbocycles. The van der Waals surface area contributed by atoms with Gasteiger partial charge in [-0.25, -0.2) is 4.79 Å². The van der Waals surface area contributed by atoms with Crippen molar-refractivity contribution in [1.29, 1.82) is 0 Å². The van der Waals surface area contributed by atoms with Gasteiger partial charge in [-0.1, -0.05) is 18.7 Å². The molecule has 0 unspecified atom stereocenters. The molecule has 9 heteroatoms. The Balaban J connectivity index is 0.000000553. The van der Waals surface area contributed by atoms with Crippen LogP contribution >= 0.6 is 0 Å². The highest BCUT2D eigenvalue weighted by Gasteiger charge is 2.38. The highest BCUT2D eigenvalue weighted by molar-refractivity contribution is 5.87. The number of carboxylic acid groups (broad SMARTS) is 1. The van der Waals surface area contributed by atoms with Crippen LogP contribution in [0, 0.1) is 12.8 Å². The number of carbonyl (C=O) groups excluding carboxylic acids is 1. The molecule has 1 aromatic carbocycles. The summed E-state index contributed by atoms with van der Waals surface area (Å²) in [4.78, 5) is 25.4. The van der Waals surface area contributed by atoms with Gasteiger partial charge in [-0.2, -0.15) is 13.2 Å². The lowest BCUT2D eigenvalue weighted by Gasteiger charge is -2.33. The van der Waals surface area contributed by atoms with Crippen molar-refractivity contribution >= 4 is 11.9 Å². The summed E-state index contributed by atoms with van der Waals surface area (Å²) in [5.74, 6) is -1.36. The number of ether oxygens (including phenoxy) is 1. The smallest absolute Gasteiger partial charge is 0.490 e. The van der Waals surface area contributed by atoms with Gasteiger partial charge >= 0.3 is 12.1 Å². The lowest BCUT2D eigenvalue weighted by Crippen LogP contribution is -2.39. The van der Waals surface area contributed by atoms with Crippen LogP contribution in [0.1, 0.15) is 24.0 Å². The van der Waals surface area contributed by atoms with Gasteiger partial charge in [-0.3, -0.25) is 4.79 Å². The van der Waals surface area contributed by atoms with Gasteiger partial charge in [0.25, 0.3) is 0 Å². The average molecular weight is 430 g/mol. The molecular weight excluding hydrogens is 401 g/mol. The number of carboxylic acids is 1. The Morgan fingerprint density at radius 2 is 1.90 bits per heavy atom. The normalized spacial score (nSPS) is 15.0. The first kappa shape index (κ1) is 25.5. The van der Waals surface area contributed by atoms with Crippen molar-refractivity contribution < 1.29 is 32.6 Å². The zero-order chi connectivity index (χ0) is 22.9. The molecule has 30 heavy (non-hydrogen) atoms. The number of aliphatic carboxylic acids is 1. The van der Waals surface area contributed by atoms with Crippen LogP contribution in [0.3, 0.4) is 0 Å². The van der Waals surface area contributed by atoms with Crippen LogP contribution in [0.2, 0.25) is 0 Å². The van der Waals surface area contributed by atoms with Crippen molar-refractivity contribution in [2.24, 2.45) is 5.92 Å². The van der Waals surface area contributed by atoms with E-state index in [4.69, 9.17) is 14.6 Å². The first-order chi connectivity index (χ1) is 14.0. The third kappa shape index (κ3) is 8.44. The second-order valence-electron chi connectivity index (χ2n) is 7.29. The van der Waals surface area contributed by atoms with Crippen molar-refractivity contribution in [2.45, 2.75) is 32.5 Å². The van der Waals surface area contributed by atoms with Gasteiger partial charge in [0.05, 0.1) is 7.11 Å². The molecule has 1 aliphatic rings. The number of hydrogen-bond acceptors (Lipinski definition) is 4. The number of piperidine rings is 1. The van der Waals surface area contributed by atoms with Gasteiger partial charge in [0.2, 0.25) is 5.91 Å². The van der Waals surface area contributed by atoms with Crippen molar-refractivity contribution in [1.82, 2.24) is 9.80 Å². The topological polar surface area (TPSA) is 70.1 Å². The maximum Gasteiger partial charge on any atom is 0.490 e. The van der Waals surface area contributed by atoms with Gasteiger partial charge in [0, 0.05) is 18.7 Å². The van der Waals surface area contributed by atoms with Crippen LogP contribution in [0.5, 0.6) is 5.75 Å². The Labute approximate surface area is 174 Å². The number of nitrogens with zero attached hydrogens (tertiary/aromatic N) is 2. The number of likely N-dealkylation sites (tertiary alicyclic amines) is 1. The molecule has 1 amide bonds. The van der Waals surface area contributed by atoms with Crippen molar-refractivity contribution in [2.75, 3.05) is 33.8 Å². The van der Waals surface area contributed by atoms with Crippen LogP contribution in [-0.4, -0.2) is 66.8 Å². The minimum absolute atomic E-state index is 0.00782. The number of aryl methyl sites for hydroxylation is 1. The van der Waals surface area contributed by atoms with Crippen molar-refractivity contribution in [3.63, 3.8) is 0 Å². The average Bonchev–Trinajstić information content (AvgIpc) is 2.69. The third-order valence-electron chi connectivity index (χ3n) is 4.85. The van der Waals surface area contributed by atoms with Gasteiger partial charge in [0.1, 0.15) is 5.75 Å². The molecule has 1 fully saturated rings. The molecule has 1 aromatic rings. The monoisotopic (exact) mass is 430 g/mol. The largest absolute Gasteiger partial charge is 0.496 e. The van der Waals surface area contributed by atoms with E-state index in [1.807, 2.05) is 24.0 Å². The van der Waals surface area contributed by atoms with Crippen LogP contribution in [0.4, 0.5) is 13.2 Å². The number of amides is 1. The van der Waals surface area contributed by atoms with E-state index in [1.54, 1.807) is 7.11 Å². The number of hydrogen-bond donors (Lipinski definition) is 1. The Bertz CT molecular complexity index is 729. The highest BCUT2D eigenvalue weighted by atomic mass is 19.4. The molecule has 0 bridgehead atoms. The van der Waals surface area contributed by atoms with Crippen LogP contribution < -0.4 is 4.74 Å². The summed E-state index contributed by atoms with van der Waals surface area (Å²) in [7, 11) is 3.83. The Morgan fingerprint density at radius 1 is 1.33 bits per heavy atom. The highest BCUT2D eigenvalue weighted by Crippen LogP contribution is 2.24. The van der Waals surface area contributed by atoms with Crippen LogP contribution in [0.25, 0.3) is 0 Å². The summed E-state index contributed by atoms with van der Waals surface area (Å²) >= 11 is 0. The van der Waals surface area contributed by atoms with E-state index in [-0.39, 0.29) is 5.91 Å². The van der Waals surface area contributed by atoms with Gasteiger partial charge in [-0.05, 0) is 63.5 Å². The quantitative estimate of drug-likeness (QED) is 0.700. The fourth-order valence-electron chi connectivity index (χ4n) is 3.11. The van der Waals surface area contributed by atoms with Crippen LogP contribution in [-0.2, 0) is 16.1 Å². The summed E-state index contributed by atoms with van der Waals surface area (Å²) < 4.78 is 37.2. The number of alkyl halides is 3. The zero-order valence-corrected chi connectivity index (χ0v) is 17.5. The first-order valence-electron chi connectivity index (χ1n) is 9.51. The van der Waals surface area contributed by atoms with Crippen molar-refractivity contribution in [3.05, 3.63) is 42.0 Å². The van der Waals surface area contributed by atoms with Crippen LogP contribution in [0.15, 0.2) is 30.9 Å². The van der Waals surface area contributed by atoms with E-state index >= 15 is 0 Å². The fraction of sp³-hybridized carbons (Fsp3) is 0.524. The lowest BCUT2D eigenvalue weighted by molar-refractivity contribution is -0.192. The minimum Gasteiger partial charge on any atom is -0.496 e. The maximum absolute atomic E-state index is 12.3. The number of carbonyl (C=O) groups is 2. The second-order valence-corrected chi connectivity index (χ2v) is 7.29. The fourth-order valence-corrected chi connectivity index (χ4v) is 3.11. The number of methoxy groups -OCH3 is 1. The predicted molar refractivity (Wildman–Crippen MR) is 107 cm³/mol. The van der Waals surface area contributed by atoms with Crippen molar-refractivity contribution in [3.8, 4) is 5.75 Å². The molecule has 1 N–H and O–H groups in total. The molecule has 0 aromatic heterocycles. The molecule has 2 rings (SSSR count). The van der Waals surface area contributed by atoms with E-state index in [1.165, 1.54) is 6.08 Å². The minimum atomic E-state index is -5.08. The Hall–Kier alpha value is -2.55. The Kier molecular flexibility index (Phi) is 9.84. The zero-order valence-electron chi connectivity index (χ0n) is 17.5.